The van der Waals surface area contributed by atoms with Crippen LogP contribution in [0.3, 0.4) is 0 Å². The summed E-state index contributed by atoms with van der Waals surface area (Å²) in [5, 5.41) is 13.2. The summed E-state index contributed by atoms with van der Waals surface area (Å²) in [4.78, 5) is 0.885. The minimum atomic E-state index is -0.376. The number of nitrogens with one attached hydrogen (secondary N) is 1. The lowest BCUT2D eigenvalue weighted by Crippen LogP contribution is -2.21. The van der Waals surface area contributed by atoms with Gasteiger partial charge in [-0.15, -0.1) is 11.8 Å². The Hall–Kier alpha value is -1.66. The number of ether oxygens (including phenoxy) is 2. The van der Waals surface area contributed by atoms with Crippen molar-refractivity contribution >= 4 is 11.8 Å². The number of methoxy groups -OCH3 is 2. The maximum atomic E-state index is 12.4. The quantitative estimate of drug-likeness (QED) is 0.482. The number of halogens is 1. The summed E-state index contributed by atoms with van der Waals surface area (Å²) in [7, 11) is 3.26. The van der Waals surface area contributed by atoms with Crippen molar-refractivity contribution in [2.45, 2.75) is 24.2 Å². The molecule has 1 aromatic rings. The van der Waals surface area contributed by atoms with Crippen LogP contribution in [0.1, 0.15) is 18.4 Å². The van der Waals surface area contributed by atoms with Gasteiger partial charge in [0.1, 0.15) is 11.5 Å². The van der Waals surface area contributed by atoms with Gasteiger partial charge in [-0.25, -0.2) is 0 Å². The Morgan fingerprint density at radius 2 is 2.04 bits per heavy atom. The van der Waals surface area contributed by atoms with E-state index in [-0.39, 0.29) is 6.67 Å². The van der Waals surface area contributed by atoms with E-state index in [1.807, 2.05) is 18.2 Å². The second-order valence-electron chi connectivity index (χ2n) is 5.69. The zero-order chi connectivity index (χ0) is 18.1. The predicted molar refractivity (Wildman–Crippen MR) is 101 cm³/mol. The van der Waals surface area contributed by atoms with E-state index in [9.17, 15) is 9.50 Å². The minimum Gasteiger partial charge on any atom is -0.512 e. The zero-order valence-corrected chi connectivity index (χ0v) is 15.6. The number of allylic oxidation sites excluding steroid dienone is 2. The van der Waals surface area contributed by atoms with E-state index in [4.69, 9.17) is 9.47 Å². The van der Waals surface area contributed by atoms with Crippen molar-refractivity contribution in [1.82, 2.24) is 5.32 Å². The molecule has 0 unspecified atom stereocenters. The molecule has 6 heteroatoms. The Morgan fingerprint density at radius 1 is 1.24 bits per heavy atom. The SMILES string of the molecule is COc1cc(SCCF)c(OC)cc1CCNCC1=C(O)CCC=C1. The average molecular weight is 367 g/mol. The van der Waals surface area contributed by atoms with Crippen molar-refractivity contribution < 1.29 is 19.0 Å². The molecule has 4 nitrogen and oxygen atoms in total. The summed E-state index contributed by atoms with van der Waals surface area (Å²) in [5.41, 5.74) is 1.99. The Bertz CT molecular complexity index is 631. The number of aliphatic hydroxyl groups is 1. The van der Waals surface area contributed by atoms with Gasteiger partial charge in [0.25, 0.3) is 0 Å². The first-order chi connectivity index (χ1) is 12.2. The van der Waals surface area contributed by atoms with Crippen molar-refractivity contribution in [2.24, 2.45) is 0 Å². The van der Waals surface area contributed by atoms with Crippen LogP contribution in [0, 0.1) is 0 Å². The summed E-state index contributed by atoms with van der Waals surface area (Å²) in [6, 6.07) is 3.87. The molecule has 0 aliphatic heterocycles. The van der Waals surface area contributed by atoms with Crippen molar-refractivity contribution in [2.75, 3.05) is 39.7 Å². The third kappa shape index (κ3) is 5.68. The monoisotopic (exact) mass is 367 g/mol. The zero-order valence-electron chi connectivity index (χ0n) is 14.8. The lowest BCUT2D eigenvalue weighted by Gasteiger charge is -2.15. The smallest absolute Gasteiger partial charge is 0.132 e. The molecule has 2 rings (SSSR count). The Balaban J connectivity index is 1.97. The van der Waals surface area contributed by atoms with Crippen molar-refractivity contribution in [3.63, 3.8) is 0 Å². The van der Waals surface area contributed by atoms with Crippen LogP contribution < -0.4 is 14.8 Å². The maximum absolute atomic E-state index is 12.4. The highest BCUT2D eigenvalue weighted by molar-refractivity contribution is 7.99. The topological polar surface area (TPSA) is 50.7 Å². The van der Waals surface area contributed by atoms with Crippen LogP contribution in [-0.2, 0) is 6.42 Å². The first-order valence-corrected chi connectivity index (χ1v) is 9.40. The van der Waals surface area contributed by atoms with Crippen molar-refractivity contribution in [3.8, 4) is 11.5 Å². The fourth-order valence-corrected chi connectivity index (χ4v) is 3.47. The van der Waals surface area contributed by atoms with Gasteiger partial charge in [0, 0.05) is 24.3 Å². The van der Waals surface area contributed by atoms with Crippen molar-refractivity contribution in [1.29, 1.82) is 0 Å². The second-order valence-corrected chi connectivity index (χ2v) is 6.83. The molecule has 0 atom stereocenters. The summed E-state index contributed by atoms with van der Waals surface area (Å²) in [6.07, 6.45) is 6.45. The second kappa shape index (κ2) is 10.4. The van der Waals surface area contributed by atoms with Gasteiger partial charge in [-0.1, -0.05) is 12.2 Å². The van der Waals surface area contributed by atoms with Crippen LogP contribution in [0.2, 0.25) is 0 Å². The van der Waals surface area contributed by atoms with E-state index in [0.717, 1.165) is 53.3 Å². The van der Waals surface area contributed by atoms with E-state index in [1.54, 1.807) is 14.2 Å². The van der Waals surface area contributed by atoms with Gasteiger partial charge in [-0.2, -0.15) is 0 Å². The van der Waals surface area contributed by atoms with Gasteiger partial charge in [0.15, 0.2) is 0 Å². The molecule has 138 valence electrons. The van der Waals surface area contributed by atoms with Crippen LogP contribution in [0.5, 0.6) is 11.5 Å². The summed E-state index contributed by atoms with van der Waals surface area (Å²) in [5.74, 6) is 2.39. The van der Waals surface area contributed by atoms with Crippen LogP contribution >= 0.6 is 11.8 Å². The van der Waals surface area contributed by atoms with E-state index in [1.165, 1.54) is 11.8 Å². The Kier molecular flexibility index (Phi) is 8.15. The van der Waals surface area contributed by atoms with Crippen LogP contribution in [-0.4, -0.2) is 44.8 Å². The Morgan fingerprint density at radius 3 is 2.72 bits per heavy atom. The summed E-state index contributed by atoms with van der Waals surface area (Å²) >= 11 is 1.42. The third-order valence-electron chi connectivity index (χ3n) is 4.03. The molecule has 2 N–H and O–H groups in total. The Labute approximate surface area is 153 Å². The number of rotatable bonds is 10. The molecule has 0 amide bonds. The molecule has 0 aromatic heterocycles. The lowest BCUT2D eigenvalue weighted by molar-refractivity contribution is 0.379. The first-order valence-electron chi connectivity index (χ1n) is 8.41. The summed E-state index contributed by atoms with van der Waals surface area (Å²) < 4.78 is 23.3. The number of thioether (sulfide) groups is 1. The molecule has 0 bridgehead atoms. The van der Waals surface area contributed by atoms with Crippen LogP contribution in [0.4, 0.5) is 4.39 Å². The molecule has 1 aromatic carbocycles. The van der Waals surface area contributed by atoms with E-state index >= 15 is 0 Å². The molecule has 1 aliphatic rings. The lowest BCUT2D eigenvalue weighted by atomic mass is 10.0. The highest BCUT2D eigenvalue weighted by Crippen LogP contribution is 2.35. The fraction of sp³-hybridized carbons (Fsp3) is 0.474. The number of aliphatic hydroxyl groups excluding tert-OH is 1. The first kappa shape index (κ1) is 19.7. The number of hydrogen-bond donors (Lipinski definition) is 2. The molecule has 0 radical (unpaired) electrons. The van der Waals surface area contributed by atoms with Gasteiger partial charge in [-0.05, 0) is 37.1 Å². The standard InChI is InChI=1S/C19H26FNO3S/c1-23-17-12-19(25-10-8-20)18(24-2)11-14(17)7-9-21-13-15-5-3-4-6-16(15)22/h3,5,11-12,21-22H,4,6-10,13H2,1-2H3. The molecule has 1 aliphatic carbocycles. The number of hydrogen-bond acceptors (Lipinski definition) is 5. The molecule has 0 fully saturated rings. The maximum Gasteiger partial charge on any atom is 0.132 e. The van der Waals surface area contributed by atoms with Gasteiger partial charge < -0.3 is 19.9 Å². The minimum absolute atomic E-state index is 0.376. The van der Waals surface area contributed by atoms with Gasteiger partial charge in [-0.3, -0.25) is 4.39 Å². The third-order valence-corrected chi connectivity index (χ3v) is 5.01. The van der Waals surface area contributed by atoms with Gasteiger partial charge in [0.2, 0.25) is 0 Å². The highest BCUT2D eigenvalue weighted by atomic mass is 32.2. The predicted octanol–water partition coefficient (Wildman–Crippen LogP) is 4.06. The molecule has 0 spiro atoms. The molecule has 25 heavy (non-hydrogen) atoms. The summed E-state index contributed by atoms with van der Waals surface area (Å²) in [6.45, 7) is 1.02. The number of alkyl halides is 1. The van der Waals surface area contributed by atoms with E-state index < -0.39 is 0 Å². The molecule has 0 saturated carbocycles. The number of benzene rings is 1. The van der Waals surface area contributed by atoms with Gasteiger partial charge >= 0.3 is 0 Å². The van der Waals surface area contributed by atoms with Crippen LogP contribution in [0.15, 0.2) is 40.5 Å². The fourth-order valence-electron chi connectivity index (χ4n) is 2.70. The highest BCUT2D eigenvalue weighted by Gasteiger charge is 2.12. The van der Waals surface area contributed by atoms with E-state index in [0.29, 0.717) is 18.1 Å². The van der Waals surface area contributed by atoms with E-state index in [2.05, 4.69) is 11.4 Å². The largest absolute Gasteiger partial charge is 0.512 e. The molecule has 0 heterocycles. The molecule has 0 saturated heterocycles. The molecular weight excluding hydrogens is 341 g/mol. The average Bonchev–Trinajstić information content (AvgIpc) is 2.64. The normalized spacial score (nSPS) is 14.0. The van der Waals surface area contributed by atoms with Crippen LogP contribution in [0.25, 0.3) is 0 Å². The van der Waals surface area contributed by atoms with Gasteiger partial charge in [0.05, 0.1) is 31.5 Å². The van der Waals surface area contributed by atoms with Crippen molar-refractivity contribution in [3.05, 3.63) is 41.2 Å². The molecular formula is C19H26FNO3S.